The summed E-state index contributed by atoms with van der Waals surface area (Å²) < 4.78 is 0. The Morgan fingerprint density at radius 3 is 2.17 bits per heavy atom. The second-order valence-corrected chi connectivity index (χ2v) is 5.81. The molecule has 1 aromatic carbocycles. The van der Waals surface area contributed by atoms with Gasteiger partial charge in [0, 0.05) is 19.1 Å². The first-order valence-corrected chi connectivity index (χ1v) is 6.89. The number of aliphatic hydroxyl groups is 1. The van der Waals surface area contributed by atoms with Crippen LogP contribution in [0, 0.1) is 12.8 Å². The van der Waals surface area contributed by atoms with E-state index in [1.165, 1.54) is 5.56 Å². The third kappa shape index (κ3) is 4.43. The Bertz CT molecular complexity index is 360. The van der Waals surface area contributed by atoms with Crippen LogP contribution in [0.5, 0.6) is 0 Å². The molecule has 0 heterocycles. The summed E-state index contributed by atoms with van der Waals surface area (Å²) >= 11 is 0. The number of nitrogens with zero attached hydrogens (tertiary/aromatic N) is 1. The molecule has 0 spiro atoms. The molecule has 0 radical (unpaired) electrons. The van der Waals surface area contributed by atoms with Gasteiger partial charge in [0.1, 0.15) is 0 Å². The first-order chi connectivity index (χ1) is 8.41. The van der Waals surface area contributed by atoms with Crippen molar-refractivity contribution < 1.29 is 5.11 Å². The lowest BCUT2D eigenvalue weighted by Crippen LogP contribution is -2.37. The maximum Gasteiger partial charge on any atom is 0.0919 e. The molecule has 1 rings (SSSR count). The number of hydrogen-bond donors (Lipinski definition) is 1. The van der Waals surface area contributed by atoms with E-state index in [4.69, 9.17) is 0 Å². The van der Waals surface area contributed by atoms with E-state index in [1.807, 2.05) is 18.2 Å². The van der Waals surface area contributed by atoms with Gasteiger partial charge in [-0.2, -0.15) is 0 Å². The van der Waals surface area contributed by atoms with Crippen LogP contribution in [-0.2, 0) is 0 Å². The molecule has 0 saturated carbocycles. The predicted molar refractivity (Wildman–Crippen MR) is 77.7 cm³/mol. The normalized spacial score (nSPS) is 13.6. The third-order valence-electron chi connectivity index (χ3n) is 3.28. The highest BCUT2D eigenvalue weighted by atomic mass is 16.3. The molecular weight excluding hydrogens is 222 g/mol. The van der Waals surface area contributed by atoms with Gasteiger partial charge in [-0.25, -0.2) is 0 Å². The van der Waals surface area contributed by atoms with Gasteiger partial charge in [-0.3, -0.25) is 4.90 Å². The average molecular weight is 249 g/mol. The highest BCUT2D eigenvalue weighted by Crippen LogP contribution is 2.19. The quantitative estimate of drug-likeness (QED) is 0.835. The van der Waals surface area contributed by atoms with Crippen LogP contribution in [0.15, 0.2) is 24.3 Å². The van der Waals surface area contributed by atoms with Gasteiger partial charge in [-0.15, -0.1) is 0 Å². The second-order valence-electron chi connectivity index (χ2n) is 5.81. The zero-order valence-corrected chi connectivity index (χ0v) is 12.4. The van der Waals surface area contributed by atoms with Gasteiger partial charge < -0.3 is 5.11 Å². The lowest BCUT2D eigenvalue weighted by Gasteiger charge is -2.30. The lowest BCUT2D eigenvalue weighted by molar-refractivity contribution is 0.0873. The minimum Gasteiger partial charge on any atom is -0.387 e. The number of aliphatic hydroxyl groups excluding tert-OH is 1. The number of rotatable bonds is 6. The van der Waals surface area contributed by atoms with Crippen LogP contribution in [0.1, 0.15) is 44.9 Å². The third-order valence-corrected chi connectivity index (χ3v) is 3.28. The van der Waals surface area contributed by atoms with Crippen molar-refractivity contribution in [3.8, 4) is 0 Å². The molecule has 1 aromatic rings. The van der Waals surface area contributed by atoms with Crippen molar-refractivity contribution in [2.75, 3.05) is 13.1 Å². The monoisotopic (exact) mass is 249 g/mol. The number of aryl methyl sites for hydroxylation is 1. The summed E-state index contributed by atoms with van der Waals surface area (Å²) in [5.74, 6) is 0.622. The van der Waals surface area contributed by atoms with Crippen LogP contribution in [-0.4, -0.2) is 29.1 Å². The van der Waals surface area contributed by atoms with E-state index in [1.54, 1.807) is 0 Å². The van der Waals surface area contributed by atoms with E-state index in [9.17, 15) is 5.11 Å². The molecule has 0 bridgehead atoms. The maximum absolute atomic E-state index is 10.4. The Morgan fingerprint density at radius 2 is 1.67 bits per heavy atom. The molecule has 0 aromatic heterocycles. The summed E-state index contributed by atoms with van der Waals surface area (Å²) in [4.78, 5) is 2.35. The topological polar surface area (TPSA) is 23.5 Å². The molecule has 102 valence electrons. The van der Waals surface area contributed by atoms with Crippen molar-refractivity contribution in [3.05, 3.63) is 35.4 Å². The summed E-state index contributed by atoms with van der Waals surface area (Å²) in [5, 5.41) is 10.4. The summed E-state index contributed by atoms with van der Waals surface area (Å²) in [5.41, 5.74) is 2.21. The van der Waals surface area contributed by atoms with Crippen molar-refractivity contribution in [3.63, 3.8) is 0 Å². The van der Waals surface area contributed by atoms with Gasteiger partial charge in [0.05, 0.1) is 6.10 Å². The van der Waals surface area contributed by atoms with Crippen LogP contribution in [0.4, 0.5) is 0 Å². The molecule has 1 unspecified atom stereocenters. The highest BCUT2D eigenvalue weighted by molar-refractivity contribution is 5.27. The van der Waals surface area contributed by atoms with Crippen LogP contribution >= 0.6 is 0 Å². The summed E-state index contributed by atoms with van der Waals surface area (Å²) in [6.45, 7) is 12.6. The van der Waals surface area contributed by atoms with Crippen molar-refractivity contribution in [2.45, 2.75) is 46.8 Å². The highest BCUT2D eigenvalue weighted by Gasteiger charge is 2.18. The lowest BCUT2D eigenvalue weighted by atomic mass is 10.0. The molecule has 2 heteroatoms. The van der Waals surface area contributed by atoms with E-state index >= 15 is 0 Å². The van der Waals surface area contributed by atoms with E-state index < -0.39 is 6.10 Å². The van der Waals surface area contributed by atoms with Gasteiger partial charge in [-0.1, -0.05) is 38.1 Å². The fourth-order valence-corrected chi connectivity index (χ4v) is 2.25. The van der Waals surface area contributed by atoms with E-state index in [2.05, 4.69) is 45.6 Å². The van der Waals surface area contributed by atoms with Gasteiger partial charge in [-0.05, 0) is 37.8 Å². The maximum atomic E-state index is 10.4. The van der Waals surface area contributed by atoms with Gasteiger partial charge >= 0.3 is 0 Å². The Balaban J connectivity index is 2.72. The van der Waals surface area contributed by atoms with Gasteiger partial charge in [0.15, 0.2) is 0 Å². The fraction of sp³-hybridized carbons (Fsp3) is 0.625. The van der Waals surface area contributed by atoms with Crippen LogP contribution in [0.25, 0.3) is 0 Å². The smallest absolute Gasteiger partial charge is 0.0919 e. The van der Waals surface area contributed by atoms with Crippen LogP contribution < -0.4 is 0 Å². The van der Waals surface area contributed by atoms with E-state index in [0.29, 0.717) is 18.5 Å². The molecule has 1 atom stereocenters. The van der Waals surface area contributed by atoms with E-state index in [0.717, 1.165) is 12.1 Å². The molecular formula is C16H27NO. The minimum atomic E-state index is -0.396. The summed E-state index contributed by atoms with van der Waals surface area (Å²) in [6.07, 6.45) is -0.396. The van der Waals surface area contributed by atoms with Crippen molar-refractivity contribution in [1.29, 1.82) is 0 Å². The molecule has 1 N–H and O–H groups in total. The van der Waals surface area contributed by atoms with Crippen LogP contribution in [0.2, 0.25) is 0 Å². The van der Waals surface area contributed by atoms with E-state index in [-0.39, 0.29) is 0 Å². The SMILES string of the molecule is Cc1ccccc1C(O)CN(CC(C)C)C(C)C. The van der Waals surface area contributed by atoms with Crippen molar-refractivity contribution >= 4 is 0 Å². The predicted octanol–water partition coefficient (Wildman–Crippen LogP) is 3.39. The zero-order chi connectivity index (χ0) is 13.7. The Morgan fingerprint density at radius 1 is 1.06 bits per heavy atom. The van der Waals surface area contributed by atoms with Crippen molar-refractivity contribution in [1.82, 2.24) is 4.90 Å². The largest absolute Gasteiger partial charge is 0.387 e. The number of benzene rings is 1. The molecule has 0 aliphatic carbocycles. The zero-order valence-electron chi connectivity index (χ0n) is 12.4. The Hall–Kier alpha value is -0.860. The summed E-state index contributed by atoms with van der Waals surface area (Å²) in [6, 6.07) is 8.55. The summed E-state index contributed by atoms with van der Waals surface area (Å²) in [7, 11) is 0. The van der Waals surface area contributed by atoms with Gasteiger partial charge in [0.25, 0.3) is 0 Å². The van der Waals surface area contributed by atoms with Gasteiger partial charge in [0.2, 0.25) is 0 Å². The molecule has 0 aliphatic rings. The minimum absolute atomic E-state index is 0.396. The first kappa shape index (κ1) is 15.2. The molecule has 0 saturated heterocycles. The molecule has 0 aliphatic heterocycles. The molecule has 18 heavy (non-hydrogen) atoms. The fourth-order valence-electron chi connectivity index (χ4n) is 2.25. The molecule has 2 nitrogen and oxygen atoms in total. The van der Waals surface area contributed by atoms with Crippen molar-refractivity contribution in [2.24, 2.45) is 5.92 Å². The standard InChI is InChI=1S/C16H27NO/c1-12(2)10-17(13(3)4)11-16(18)15-9-7-6-8-14(15)5/h6-9,12-13,16,18H,10-11H2,1-5H3. The molecule has 0 fully saturated rings. The number of hydrogen-bond acceptors (Lipinski definition) is 2. The molecule has 0 amide bonds. The Kier molecular flexibility index (Phi) is 5.83. The average Bonchev–Trinajstić information content (AvgIpc) is 2.27. The second kappa shape index (κ2) is 6.91. The Labute approximate surface area is 112 Å². The first-order valence-electron chi connectivity index (χ1n) is 6.89. The van der Waals surface area contributed by atoms with Crippen LogP contribution in [0.3, 0.4) is 0 Å².